The second-order valence-corrected chi connectivity index (χ2v) is 4.92. The van der Waals surface area contributed by atoms with Crippen molar-refractivity contribution in [1.82, 2.24) is 14.8 Å². The number of hydrogen-bond donors (Lipinski definition) is 1. The van der Waals surface area contributed by atoms with E-state index >= 15 is 0 Å². The van der Waals surface area contributed by atoms with E-state index in [4.69, 9.17) is 0 Å². The van der Waals surface area contributed by atoms with Gasteiger partial charge in [0, 0.05) is 5.56 Å². The van der Waals surface area contributed by atoms with Crippen molar-refractivity contribution in [3.63, 3.8) is 0 Å². The molecule has 0 fully saturated rings. The third-order valence-electron chi connectivity index (χ3n) is 3.51. The summed E-state index contributed by atoms with van der Waals surface area (Å²) in [6.45, 7) is -0.0859. The lowest BCUT2D eigenvalue weighted by atomic mass is 9.86. The molecule has 112 valence electrons. The van der Waals surface area contributed by atoms with Crippen LogP contribution in [0.2, 0.25) is 0 Å². The van der Waals surface area contributed by atoms with Gasteiger partial charge in [-0.25, -0.2) is 18.4 Å². The largest absolute Gasteiger partial charge is 0.378 e. The molecule has 22 heavy (non-hydrogen) atoms. The highest BCUT2D eigenvalue weighted by Gasteiger charge is 2.36. The second-order valence-electron chi connectivity index (χ2n) is 4.92. The Morgan fingerprint density at radius 1 is 1.05 bits per heavy atom. The molecule has 6 heteroatoms. The maximum atomic E-state index is 14.2. The second kappa shape index (κ2) is 5.65. The minimum atomic E-state index is -1.76. The summed E-state index contributed by atoms with van der Waals surface area (Å²) < 4.78 is 29.2. The maximum absolute atomic E-state index is 14.2. The van der Waals surface area contributed by atoms with Crippen LogP contribution in [-0.2, 0) is 12.1 Å². The summed E-state index contributed by atoms with van der Waals surface area (Å²) in [6, 6.07) is 12.3. The maximum Gasteiger partial charge on any atom is 0.165 e. The average Bonchev–Trinajstić information content (AvgIpc) is 3.03. The van der Waals surface area contributed by atoms with E-state index in [9.17, 15) is 13.9 Å². The summed E-state index contributed by atoms with van der Waals surface area (Å²) in [4.78, 5) is 3.81. The molecule has 0 aliphatic carbocycles. The van der Waals surface area contributed by atoms with Crippen molar-refractivity contribution in [3.8, 4) is 0 Å². The third-order valence-corrected chi connectivity index (χ3v) is 3.51. The third kappa shape index (κ3) is 2.48. The van der Waals surface area contributed by atoms with Crippen LogP contribution >= 0.6 is 0 Å². The smallest absolute Gasteiger partial charge is 0.165 e. The average molecular weight is 301 g/mol. The predicted octanol–water partition coefficient (Wildman–Crippen LogP) is 2.49. The van der Waals surface area contributed by atoms with Crippen molar-refractivity contribution in [3.05, 3.63) is 83.9 Å². The number of nitrogens with zero attached hydrogens (tertiary/aromatic N) is 3. The molecular weight excluding hydrogens is 288 g/mol. The number of rotatable bonds is 4. The first-order valence-corrected chi connectivity index (χ1v) is 6.66. The summed E-state index contributed by atoms with van der Waals surface area (Å²) in [5.74, 6) is -2.08. The van der Waals surface area contributed by atoms with Gasteiger partial charge in [0.1, 0.15) is 18.3 Å². The first-order chi connectivity index (χ1) is 10.6. The minimum Gasteiger partial charge on any atom is -0.378 e. The number of halogens is 2. The van der Waals surface area contributed by atoms with Gasteiger partial charge in [0.2, 0.25) is 0 Å². The molecule has 0 saturated heterocycles. The number of benzene rings is 2. The monoisotopic (exact) mass is 301 g/mol. The van der Waals surface area contributed by atoms with Crippen molar-refractivity contribution >= 4 is 0 Å². The highest BCUT2D eigenvalue weighted by atomic mass is 19.2. The fourth-order valence-corrected chi connectivity index (χ4v) is 2.42. The van der Waals surface area contributed by atoms with Crippen LogP contribution in [-0.4, -0.2) is 19.9 Å². The number of hydrogen-bond acceptors (Lipinski definition) is 3. The van der Waals surface area contributed by atoms with Crippen molar-refractivity contribution in [2.24, 2.45) is 0 Å². The molecule has 0 spiro atoms. The first kappa shape index (κ1) is 14.3. The Bertz CT molecular complexity index is 762. The van der Waals surface area contributed by atoms with E-state index in [0.29, 0.717) is 5.56 Å². The Balaban J connectivity index is 2.16. The van der Waals surface area contributed by atoms with Crippen LogP contribution in [0.5, 0.6) is 0 Å². The van der Waals surface area contributed by atoms with Gasteiger partial charge in [-0.1, -0.05) is 42.5 Å². The lowest BCUT2D eigenvalue weighted by Crippen LogP contribution is -2.34. The van der Waals surface area contributed by atoms with Crippen LogP contribution in [0, 0.1) is 11.6 Å². The lowest BCUT2D eigenvalue weighted by molar-refractivity contribution is 0.0528. The van der Waals surface area contributed by atoms with E-state index in [1.54, 1.807) is 30.3 Å². The SMILES string of the molecule is OC(Cn1cncn1)(c1ccccc1)c1cccc(F)c1F. The van der Waals surface area contributed by atoms with Gasteiger partial charge < -0.3 is 5.11 Å². The van der Waals surface area contributed by atoms with Crippen molar-refractivity contribution in [1.29, 1.82) is 0 Å². The fraction of sp³-hybridized carbons (Fsp3) is 0.125. The number of aliphatic hydroxyl groups is 1. The zero-order valence-corrected chi connectivity index (χ0v) is 11.5. The lowest BCUT2D eigenvalue weighted by Gasteiger charge is -2.29. The molecule has 3 rings (SSSR count). The molecule has 0 aliphatic heterocycles. The normalized spacial score (nSPS) is 13.8. The summed E-state index contributed by atoms with van der Waals surface area (Å²) in [5.41, 5.74) is -1.47. The van der Waals surface area contributed by atoms with Gasteiger partial charge in [0.05, 0.1) is 6.54 Å². The Kier molecular flexibility index (Phi) is 3.68. The fourth-order valence-electron chi connectivity index (χ4n) is 2.42. The zero-order chi connectivity index (χ0) is 15.6. The molecule has 0 amide bonds. The van der Waals surface area contributed by atoms with Gasteiger partial charge in [-0.05, 0) is 11.6 Å². The van der Waals surface area contributed by atoms with Crippen LogP contribution in [0.3, 0.4) is 0 Å². The van der Waals surface area contributed by atoms with Crippen molar-refractivity contribution < 1.29 is 13.9 Å². The topological polar surface area (TPSA) is 50.9 Å². The molecule has 1 N–H and O–H groups in total. The molecule has 1 atom stereocenters. The Hall–Kier alpha value is -2.60. The summed E-state index contributed by atoms with van der Waals surface area (Å²) in [7, 11) is 0. The van der Waals surface area contributed by atoms with E-state index < -0.39 is 17.2 Å². The minimum absolute atomic E-state index is 0.0859. The quantitative estimate of drug-likeness (QED) is 0.805. The first-order valence-electron chi connectivity index (χ1n) is 6.66. The Morgan fingerprint density at radius 2 is 1.82 bits per heavy atom. The van der Waals surface area contributed by atoms with E-state index in [1.165, 1.54) is 29.5 Å². The molecule has 1 heterocycles. The molecule has 0 radical (unpaired) electrons. The van der Waals surface area contributed by atoms with Crippen LogP contribution in [0.4, 0.5) is 8.78 Å². The predicted molar refractivity (Wildman–Crippen MR) is 75.8 cm³/mol. The standard InChI is InChI=1S/C16H13F2N3O/c17-14-8-4-7-13(15(14)18)16(22,9-21-11-19-10-20-21)12-5-2-1-3-6-12/h1-8,10-11,22H,9H2. The van der Waals surface area contributed by atoms with Crippen LogP contribution in [0.1, 0.15) is 11.1 Å². The summed E-state index contributed by atoms with van der Waals surface area (Å²) in [5, 5.41) is 15.1. The van der Waals surface area contributed by atoms with Gasteiger partial charge in [-0.2, -0.15) is 5.10 Å². The van der Waals surface area contributed by atoms with Gasteiger partial charge in [0.15, 0.2) is 11.6 Å². The number of aromatic nitrogens is 3. The van der Waals surface area contributed by atoms with Crippen LogP contribution in [0.25, 0.3) is 0 Å². The Labute approximate surface area is 125 Å². The summed E-state index contributed by atoms with van der Waals surface area (Å²) in [6.07, 6.45) is 2.72. The highest BCUT2D eigenvalue weighted by molar-refractivity contribution is 5.37. The van der Waals surface area contributed by atoms with Crippen molar-refractivity contribution in [2.45, 2.75) is 12.1 Å². The van der Waals surface area contributed by atoms with E-state index in [1.807, 2.05) is 0 Å². The molecule has 2 aromatic carbocycles. The molecule has 1 aromatic heterocycles. The highest BCUT2D eigenvalue weighted by Crippen LogP contribution is 2.33. The van der Waals surface area contributed by atoms with Crippen LogP contribution < -0.4 is 0 Å². The van der Waals surface area contributed by atoms with Gasteiger partial charge in [-0.15, -0.1) is 0 Å². The van der Waals surface area contributed by atoms with Crippen LogP contribution in [0.15, 0.2) is 61.2 Å². The van der Waals surface area contributed by atoms with Crippen molar-refractivity contribution in [2.75, 3.05) is 0 Å². The van der Waals surface area contributed by atoms with Gasteiger partial charge >= 0.3 is 0 Å². The zero-order valence-electron chi connectivity index (χ0n) is 11.5. The molecule has 0 saturated carbocycles. The van der Waals surface area contributed by atoms with Gasteiger partial charge in [0.25, 0.3) is 0 Å². The molecule has 3 aromatic rings. The molecule has 4 nitrogen and oxygen atoms in total. The van der Waals surface area contributed by atoms with E-state index in [-0.39, 0.29) is 12.1 Å². The Morgan fingerprint density at radius 3 is 2.50 bits per heavy atom. The van der Waals surface area contributed by atoms with E-state index in [0.717, 1.165) is 6.07 Å². The van der Waals surface area contributed by atoms with E-state index in [2.05, 4.69) is 10.1 Å². The van der Waals surface area contributed by atoms with Gasteiger partial charge in [-0.3, -0.25) is 0 Å². The summed E-state index contributed by atoms with van der Waals surface area (Å²) >= 11 is 0. The molecule has 0 aliphatic rings. The molecule has 1 unspecified atom stereocenters. The molecule has 0 bridgehead atoms. The molecular formula is C16H13F2N3O.